The van der Waals surface area contributed by atoms with Gasteiger partial charge in [0.05, 0.1) is 28.8 Å². The van der Waals surface area contributed by atoms with Gasteiger partial charge in [0.2, 0.25) is 0 Å². The molecule has 0 fully saturated rings. The van der Waals surface area contributed by atoms with E-state index in [1.807, 2.05) is 43.4 Å². The zero-order valence-electron chi connectivity index (χ0n) is 26.0. The van der Waals surface area contributed by atoms with Crippen LogP contribution in [0.15, 0.2) is 30.3 Å². The molecule has 4 N–H and O–H groups in total. The van der Waals surface area contributed by atoms with Gasteiger partial charge in [-0.1, -0.05) is 71.9 Å². The molecule has 1 rings (SSSR count). The molecule has 0 bridgehead atoms. The fourth-order valence-electron chi connectivity index (χ4n) is 3.95. The SMILES string of the molecule is CO[Si](OCC[C@@H](NC(=O)OC(C)(C)C)[C@H](CO[Si](C)(C)C(C)(C)C)S(O)(O)O)(c1ccccc1)C(C)(C)C. The van der Waals surface area contributed by atoms with Crippen LogP contribution in [0.25, 0.3) is 0 Å². The second kappa shape index (κ2) is 13.3. The summed E-state index contributed by atoms with van der Waals surface area (Å²) in [6.07, 6.45) is -0.579. The van der Waals surface area contributed by atoms with Crippen LogP contribution in [0, 0.1) is 0 Å². The Morgan fingerprint density at radius 3 is 1.87 bits per heavy atom. The molecule has 1 unspecified atom stereocenters. The highest BCUT2D eigenvalue weighted by atomic mass is 32.3. The van der Waals surface area contributed by atoms with Crippen molar-refractivity contribution in [3.63, 3.8) is 0 Å². The molecule has 39 heavy (non-hydrogen) atoms. The Morgan fingerprint density at radius 2 is 1.46 bits per heavy atom. The average Bonchev–Trinajstić information content (AvgIpc) is 2.73. The minimum atomic E-state index is -4.12. The summed E-state index contributed by atoms with van der Waals surface area (Å²) in [4.78, 5) is 12.8. The van der Waals surface area contributed by atoms with Crippen molar-refractivity contribution in [2.45, 2.75) is 109 Å². The molecule has 3 atom stereocenters. The lowest BCUT2D eigenvalue weighted by atomic mass is 10.1. The quantitative estimate of drug-likeness (QED) is 0.194. The second-order valence-corrected chi connectivity index (χ2v) is 24.0. The third kappa shape index (κ3) is 10.4. The normalized spacial score (nSPS) is 17.2. The Labute approximate surface area is 239 Å². The first-order chi connectivity index (χ1) is 17.5. The van der Waals surface area contributed by atoms with E-state index in [-0.39, 0.29) is 29.7 Å². The largest absolute Gasteiger partial charge is 0.444 e. The molecule has 0 aromatic heterocycles. The maximum absolute atomic E-state index is 12.8. The Morgan fingerprint density at radius 1 is 0.923 bits per heavy atom. The first-order valence-electron chi connectivity index (χ1n) is 13.3. The molecule has 0 heterocycles. The highest BCUT2D eigenvalue weighted by Gasteiger charge is 2.51. The number of amides is 1. The molecule has 228 valence electrons. The highest BCUT2D eigenvalue weighted by Crippen LogP contribution is 2.44. The van der Waals surface area contributed by atoms with Gasteiger partial charge in [-0.25, -0.2) is 4.79 Å². The van der Waals surface area contributed by atoms with Gasteiger partial charge in [-0.05, 0) is 50.5 Å². The lowest BCUT2D eigenvalue weighted by Crippen LogP contribution is -2.60. The fraction of sp³-hybridized carbons (Fsp3) is 0.741. The summed E-state index contributed by atoms with van der Waals surface area (Å²) in [5, 5.41) is 2.02. The summed E-state index contributed by atoms with van der Waals surface area (Å²) < 4.78 is 55.9. The van der Waals surface area contributed by atoms with Crippen LogP contribution >= 0.6 is 10.9 Å². The number of carbonyl (C=O) groups excluding carboxylic acids is 1. The molecule has 12 heteroatoms. The van der Waals surface area contributed by atoms with Crippen LogP contribution in [-0.2, 0) is 18.0 Å². The second-order valence-electron chi connectivity index (χ2n) is 13.5. The number of nitrogens with one attached hydrogen (secondary N) is 1. The Kier molecular flexibility index (Phi) is 12.3. The Bertz CT molecular complexity index is 908. The van der Waals surface area contributed by atoms with Crippen LogP contribution < -0.4 is 10.5 Å². The topological polar surface area (TPSA) is 127 Å². The van der Waals surface area contributed by atoms with Gasteiger partial charge in [0, 0.05) is 18.8 Å². The molecule has 0 aliphatic rings. The summed E-state index contributed by atoms with van der Waals surface area (Å²) in [5.41, 5.74) is -0.766. The summed E-state index contributed by atoms with van der Waals surface area (Å²) in [6, 6.07) is 8.86. The highest BCUT2D eigenvalue weighted by molar-refractivity contribution is 8.20. The van der Waals surface area contributed by atoms with E-state index in [0.29, 0.717) is 0 Å². The van der Waals surface area contributed by atoms with Gasteiger partial charge in [-0.3, -0.25) is 0 Å². The van der Waals surface area contributed by atoms with Crippen molar-refractivity contribution in [2.75, 3.05) is 20.3 Å². The van der Waals surface area contributed by atoms with E-state index in [1.165, 1.54) is 0 Å². The summed E-state index contributed by atoms with van der Waals surface area (Å²) in [5.74, 6) is 0. The maximum Gasteiger partial charge on any atom is 0.407 e. The van der Waals surface area contributed by atoms with Gasteiger partial charge in [-0.15, -0.1) is 0 Å². The summed E-state index contributed by atoms with van der Waals surface area (Å²) in [7, 11) is -7.79. The number of rotatable bonds is 12. The van der Waals surface area contributed by atoms with E-state index in [9.17, 15) is 18.5 Å². The number of hydrogen-bond donors (Lipinski definition) is 4. The van der Waals surface area contributed by atoms with E-state index in [1.54, 1.807) is 27.9 Å². The molecule has 0 aliphatic carbocycles. The van der Waals surface area contributed by atoms with Crippen molar-refractivity contribution in [3.05, 3.63) is 30.3 Å². The van der Waals surface area contributed by atoms with E-state index in [2.05, 4.69) is 46.9 Å². The molecular weight excluding hydrogens is 555 g/mol. The summed E-state index contributed by atoms with van der Waals surface area (Å²) >= 11 is 0. The third-order valence-corrected chi connectivity index (χ3v) is 17.2. The minimum absolute atomic E-state index is 0.124. The lowest BCUT2D eigenvalue weighted by molar-refractivity contribution is 0.0488. The van der Waals surface area contributed by atoms with Gasteiger partial charge in [0.25, 0.3) is 0 Å². The zero-order valence-corrected chi connectivity index (χ0v) is 28.8. The number of hydrogen-bond acceptors (Lipinski definition) is 8. The predicted molar refractivity (Wildman–Crippen MR) is 165 cm³/mol. The van der Waals surface area contributed by atoms with Gasteiger partial charge < -0.3 is 37.0 Å². The molecule has 0 radical (unpaired) electrons. The Hall–Kier alpha value is -0.966. The molecule has 1 aromatic carbocycles. The molecule has 0 saturated heterocycles. The van der Waals surface area contributed by atoms with Crippen molar-refractivity contribution >= 4 is 39.0 Å². The van der Waals surface area contributed by atoms with Crippen molar-refractivity contribution in [2.24, 2.45) is 0 Å². The molecule has 9 nitrogen and oxygen atoms in total. The summed E-state index contributed by atoms with van der Waals surface area (Å²) in [6.45, 7) is 21.7. The predicted octanol–water partition coefficient (Wildman–Crippen LogP) is 6.70. The van der Waals surface area contributed by atoms with Crippen LogP contribution in [0.5, 0.6) is 0 Å². The Balaban J connectivity index is 3.34. The molecule has 1 amide bonds. The van der Waals surface area contributed by atoms with Crippen LogP contribution in [0.4, 0.5) is 4.79 Å². The van der Waals surface area contributed by atoms with Crippen molar-refractivity contribution in [3.8, 4) is 0 Å². The molecule has 0 aliphatic heterocycles. The minimum Gasteiger partial charge on any atom is -0.444 e. The zero-order chi connectivity index (χ0) is 30.5. The van der Waals surface area contributed by atoms with E-state index in [4.69, 9.17) is 18.0 Å². The third-order valence-electron chi connectivity index (χ3n) is 7.13. The smallest absolute Gasteiger partial charge is 0.407 e. The van der Waals surface area contributed by atoms with Gasteiger partial charge in [-0.2, -0.15) is 0 Å². The number of alkyl carbamates (subject to hydrolysis) is 1. The number of carbonyl (C=O) groups is 1. The van der Waals surface area contributed by atoms with Gasteiger partial charge in [0.15, 0.2) is 8.32 Å². The van der Waals surface area contributed by atoms with E-state index in [0.717, 1.165) is 5.19 Å². The van der Waals surface area contributed by atoms with Crippen molar-refractivity contribution in [1.82, 2.24) is 5.32 Å². The van der Waals surface area contributed by atoms with Crippen LogP contribution in [0.2, 0.25) is 23.2 Å². The average molecular weight is 608 g/mol. The molecular formula is C27H53NO8SSi2. The van der Waals surface area contributed by atoms with Crippen molar-refractivity contribution < 1.29 is 36.5 Å². The molecule has 1 aromatic rings. The van der Waals surface area contributed by atoms with E-state index < -0.39 is 50.7 Å². The van der Waals surface area contributed by atoms with Crippen LogP contribution in [-0.4, -0.2) is 73.8 Å². The van der Waals surface area contributed by atoms with Crippen LogP contribution in [0.1, 0.15) is 68.7 Å². The fourth-order valence-corrected chi connectivity index (χ4v) is 9.46. The molecule has 0 spiro atoms. The van der Waals surface area contributed by atoms with Crippen LogP contribution in [0.3, 0.4) is 0 Å². The lowest BCUT2D eigenvalue weighted by Gasteiger charge is -2.42. The van der Waals surface area contributed by atoms with Gasteiger partial charge in [0.1, 0.15) is 5.60 Å². The molecule has 0 saturated carbocycles. The maximum atomic E-state index is 12.8. The number of ether oxygens (including phenoxy) is 1. The first-order valence-corrected chi connectivity index (χ1v) is 19.6. The monoisotopic (exact) mass is 607 g/mol. The van der Waals surface area contributed by atoms with Gasteiger partial charge >= 0.3 is 14.7 Å². The first kappa shape index (κ1) is 36.1. The standard InChI is InChI=1S/C27H53NO8SSi2/c1-25(2,3)36-24(29)28-22(23(37(30,31)32)20-35-38(11,12)26(4,5)6)18-19-34-39(33-10,27(7,8)9)21-16-14-13-15-17-21/h13-17,22-23,30-32H,18-20H2,1-12H3,(H,28,29)/t22-,23+,39?/m1/s1. The van der Waals surface area contributed by atoms with Crippen molar-refractivity contribution in [1.29, 1.82) is 0 Å². The number of benzene rings is 1. The van der Waals surface area contributed by atoms with E-state index >= 15 is 0 Å².